The average Bonchev–Trinajstić information content (AvgIpc) is 2.88. The van der Waals surface area contributed by atoms with Gasteiger partial charge in [-0.2, -0.15) is 0 Å². The number of nitrogens with one attached hydrogen (secondary N) is 1. The molecule has 6 nitrogen and oxygen atoms in total. The van der Waals surface area contributed by atoms with E-state index in [1.807, 2.05) is 13.8 Å². The van der Waals surface area contributed by atoms with E-state index < -0.39 is 5.97 Å². The molecule has 1 heterocycles. The third-order valence-electron chi connectivity index (χ3n) is 2.63. The lowest BCUT2D eigenvalue weighted by atomic mass is 10.3. The number of carbonyl (C=O) groups is 2. The molecule has 0 aliphatic heterocycles. The summed E-state index contributed by atoms with van der Waals surface area (Å²) in [5.41, 5.74) is 0.282. The van der Waals surface area contributed by atoms with Crippen molar-refractivity contribution in [2.75, 3.05) is 32.1 Å². The Morgan fingerprint density at radius 2 is 2.11 bits per heavy atom. The van der Waals surface area contributed by atoms with E-state index in [-0.39, 0.29) is 11.6 Å². The summed E-state index contributed by atoms with van der Waals surface area (Å²) in [5, 5.41) is 5.27. The van der Waals surface area contributed by atoms with Gasteiger partial charge in [0.1, 0.15) is 0 Å². The highest BCUT2D eigenvalue weighted by Gasteiger charge is 2.12. The van der Waals surface area contributed by atoms with Crippen LogP contribution < -0.4 is 5.32 Å². The molecule has 0 aliphatic rings. The lowest BCUT2D eigenvalue weighted by Crippen LogP contribution is -2.31. The number of aromatic nitrogens is 1. The summed E-state index contributed by atoms with van der Waals surface area (Å²) in [7, 11) is 1.32. The standard InChI is InChI=1S/C12H19N3O3S/c1-4-15(5-2)10(16)6-7-13-12-14-9(8-19-12)11(17)18-3/h8H,4-7H2,1-3H3,(H,13,14). The van der Waals surface area contributed by atoms with Crippen molar-refractivity contribution in [3.05, 3.63) is 11.1 Å². The number of hydrogen-bond acceptors (Lipinski definition) is 6. The zero-order valence-corrected chi connectivity index (χ0v) is 12.2. The van der Waals surface area contributed by atoms with Crippen molar-refractivity contribution in [1.82, 2.24) is 9.88 Å². The van der Waals surface area contributed by atoms with Gasteiger partial charge in [0.25, 0.3) is 0 Å². The number of carbonyl (C=O) groups excluding carboxylic acids is 2. The summed E-state index contributed by atoms with van der Waals surface area (Å²) >= 11 is 1.32. The molecule has 1 rings (SSSR count). The number of rotatable bonds is 7. The minimum atomic E-state index is -0.455. The van der Waals surface area contributed by atoms with E-state index in [4.69, 9.17) is 0 Å². The van der Waals surface area contributed by atoms with Crippen molar-refractivity contribution in [1.29, 1.82) is 0 Å². The van der Waals surface area contributed by atoms with Gasteiger partial charge in [-0.25, -0.2) is 9.78 Å². The molecule has 0 atom stereocenters. The van der Waals surface area contributed by atoms with E-state index in [1.165, 1.54) is 18.4 Å². The van der Waals surface area contributed by atoms with Crippen molar-refractivity contribution in [3.8, 4) is 0 Å². The molecule has 106 valence electrons. The molecule has 0 saturated carbocycles. The maximum atomic E-state index is 11.8. The molecule has 0 bridgehead atoms. The number of amides is 1. The molecule has 1 amide bonds. The largest absolute Gasteiger partial charge is 0.464 e. The van der Waals surface area contributed by atoms with Crippen LogP contribution in [0.1, 0.15) is 30.8 Å². The maximum absolute atomic E-state index is 11.8. The van der Waals surface area contributed by atoms with E-state index in [1.54, 1.807) is 10.3 Å². The van der Waals surface area contributed by atoms with E-state index >= 15 is 0 Å². The zero-order valence-electron chi connectivity index (χ0n) is 11.4. The van der Waals surface area contributed by atoms with Gasteiger partial charge < -0.3 is 15.0 Å². The minimum Gasteiger partial charge on any atom is -0.464 e. The molecule has 0 aliphatic carbocycles. The first-order valence-electron chi connectivity index (χ1n) is 6.17. The molecule has 1 aromatic rings. The van der Waals surface area contributed by atoms with Crippen LogP contribution in [0.5, 0.6) is 0 Å². The van der Waals surface area contributed by atoms with E-state index in [9.17, 15) is 9.59 Å². The van der Waals surface area contributed by atoms with Crippen LogP contribution >= 0.6 is 11.3 Å². The third-order valence-corrected chi connectivity index (χ3v) is 3.43. The Kier molecular flexibility index (Phi) is 6.27. The van der Waals surface area contributed by atoms with E-state index in [0.717, 1.165) is 13.1 Å². The van der Waals surface area contributed by atoms with Crippen molar-refractivity contribution in [3.63, 3.8) is 0 Å². The van der Waals surface area contributed by atoms with Crippen molar-refractivity contribution in [2.45, 2.75) is 20.3 Å². The van der Waals surface area contributed by atoms with Gasteiger partial charge >= 0.3 is 5.97 Å². The Morgan fingerprint density at radius 1 is 1.42 bits per heavy atom. The summed E-state index contributed by atoms with van der Waals surface area (Å²) in [6, 6.07) is 0. The Bertz CT molecular complexity index is 430. The number of methoxy groups -OCH3 is 1. The monoisotopic (exact) mass is 285 g/mol. The molecule has 0 saturated heterocycles. The Balaban J connectivity index is 2.39. The molecule has 0 radical (unpaired) electrons. The van der Waals surface area contributed by atoms with Gasteiger partial charge in [0.05, 0.1) is 7.11 Å². The first-order valence-corrected chi connectivity index (χ1v) is 7.05. The fourth-order valence-corrected chi connectivity index (χ4v) is 2.27. The van der Waals surface area contributed by atoms with Crippen LogP contribution in [0.15, 0.2) is 5.38 Å². The van der Waals surface area contributed by atoms with Gasteiger partial charge in [-0.3, -0.25) is 4.79 Å². The summed E-state index contributed by atoms with van der Waals surface area (Å²) in [5.74, 6) is -0.342. The fraction of sp³-hybridized carbons (Fsp3) is 0.583. The van der Waals surface area contributed by atoms with Crippen LogP contribution in [0.4, 0.5) is 5.13 Å². The SMILES string of the molecule is CCN(CC)C(=O)CCNc1nc(C(=O)OC)cs1. The van der Waals surface area contributed by atoms with Gasteiger partial charge in [0, 0.05) is 31.4 Å². The van der Waals surface area contributed by atoms with Crippen LogP contribution in [-0.4, -0.2) is 48.5 Å². The minimum absolute atomic E-state index is 0.113. The smallest absolute Gasteiger partial charge is 0.357 e. The van der Waals surface area contributed by atoms with Crippen molar-refractivity contribution >= 4 is 28.3 Å². The Labute approximate surface area is 116 Å². The lowest BCUT2D eigenvalue weighted by molar-refractivity contribution is -0.130. The number of esters is 1. The van der Waals surface area contributed by atoms with Crippen LogP contribution in [0.2, 0.25) is 0 Å². The highest BCUT2D eigenvalue weighted by Crippen LogP contribution is 2.15. The molecule has 7 heteroatoms. The second kappa shape index (κ2) is 7.73. The fourth-order valence-electron chi connectivity index (χ4n) is 1.56. The number of nitrogens with zero attached hydrogens (tertiary/aromatic N) is 2. The predicted octanol–water partition coefficient (Wildman–Crippen LogP) is 1.60. The second-order valence-electron chi connectivity index (χ2n) is 3.77. The topological polar surface area (TPSA) is 71.5 Å². The first-order chi connectivity index (χ1) is 9.12. The van der Waals surface area contributed by atoms with Gasteiger partial charge in [-0.1, -0.05) is 0 Å². The molecular formula is C12H19N3O3S. The Morgan fingerprint density at radius 3 is 2.68 bits per heavy atom. The van der Waals surface area contributed by atoms with Gasteiger partial charge in [-0.15, -0.1) is 11.3 Å². The molecule has 1 aromatic heterocycles. The molecular weight excluding hydrogens is 266 g/mol. The zero-order chi connectivity index (χ0) is 14.3. The van der Waals surface area contributed by atoms with Crippen LogP contribution in [0, 0.1) is 0 Å². The summed E-state index contributed by atoms with van der Waals surface area (Å²) in [4.78, 5) is 28.8. The lowest BCUT2D eigenvalue weighted by Gasteiger charge is -2.18. The van der Waals surface area contributed by atoms with Crippen LogP contribution in [0.25, 0.3) is 0 Å². The van der Waals surface area contributed by atoms with Crippen molar-refractivity contribution in [2.24, 2.45) is 0 Å². The maximum Gasteiger partial charge on any atom is 0.357 e. The molecule has 1 N–H and O–H groups in total. The van der Waals surface area contributed by atoms with E-state index in [0.29, 0.717) is 18.1 Å². The third kappa shape index (κ3) is 4.51. The summed E-state index contributed by atoms with van der Waals surface area (Å²) in [6.07, 6.45) is 0.412. The van der Waals surface area contributed by atoms with Gasteiger partial charge in [0.15, 0.2) is 10.8 Å². The predicted molar refractivity (Wildman–Crippen MR) is 74.5 cm³/mol. The highest BCUT2D eigenvalue weighted by molar-refractivity contribution is 7.13. The van der Waals surface area contributed by atoms with Gasteiger partial charge in [0.2, 0.25) is 5.91 Å². The molecule has 0 spiro atoms. The number of hydrogen-bond donors (Lipinski definition) is 1. The number of ether oxygens (including phenoxy) is 1. The first kappa shape index (κ1) is 15.4. The summed E-state index contributed by atoms with van der Waals surface area (Å²) < 4.78 is 4.57. The quantitative estimate of drug-likeness (QED) is 0.770. The van der Waals surface area contributed by atoms with Crippen LogP contribution in [-0.2, 0) is 9.53 Å². The van der Waals surface area contributed by atoms with Crippen LogP contribution in [0.3, 0.4) is 0 Å². The highest BCUT2D eigenvalue weighted by atomic mass is 32.1. The normalized spacial score (nSPS) is 10.1. The van der Waals surface area contributed by atoms with Crippen molar-refractivity contribution < 1.29 is 14.3 Å². The van der Waals surface area contributed by atoms with E-state index in [2.05, 4.69) is 15.0 Å². The summed E-state index contributed by atoms with van der Waals surface area (Å²) in [6.45, 7) is 5.86. The number of anilines is 1. The molecule has 0 fully saturated rings. The second-order valence-corrected chi connectivity index (χ2v) is 4.63. The number of thiazole rings is 1. The molecule has 0 aromatic carbocycles. The molecule has 19 heavy (non-hydrogen) atoms. The Hall–Kier alpha value is -1.63. The van der Waals surface area contributed by atoms with Gasteiger partial charge in [-0.05, 0) is 13.8 Å². The molecule has 0 unspecified atom stereocenters. The average molecular weight is 285 g/mol.